The Bertz CT molecular complexity index is 1850. The lowest BCUT2D eigenvalue weighted by Crippen LogP contribution is -2.49. The first kappa shape index (κ1) is 28.9. The van der Waals surface area contributed by atoms with Crippen LogP contribution in [0.5, 0.6) is 0 Å². The Morgan fingerprint density at radius 3 is 2.62 bits per heavy atom. The molecule has 1 aliphatic heterocycles. The molecule has 3 aromatic heterocycles. The van der Waals surface area contributed by atoms with Crippen molar-refractivity contribution in [1.29, 1.82) is 0 Å². The molecule has 1 aliphatic rings. The number of ether oxygens (including phenoxy) is 1. The lowest BCUT2D eigenvalue weighted by molar-refractivity contribution is 0.0499. The Labute approximate surface area is 244 Å². The van der Waals surface area contributed by atoms with Crippen LogP contribution in [0.15, 0.2) is 40.1 Å². The Morgan fingerprint density at radius 1 is 1.17 bits per heavy atom. The smallest absolute Gasteiger partial charge is 0.407 e. The number of benzene rings is 1. The van der Waals surface area contributed by atoms with Crippen LogP contribution < -0.4 is 21.5 Å². The summed E-state index contributed by atoms with van der Waals surface area (Å²) in [6, 6.07) is 7.68. The van der Waals surface area contributed by atoms with E-state index >= 15 is 0 Å². The van der Waals surface area contributed by atoms with Gasteiger partial charge in [0.05, 0.1) is 18.8 Å². The van der Waals surface area contributed by atoms with Crippen LogP contribution in [-0.4, -0.2) is 54.5 Å². The number of aryl methyl sites for hydroxylation is 2. The molecule has 0 radical (unpaired) electrons. The van der Waals surface area contributed by atoms with Crippen molar-refractivity contribution >= 4 is 34.0 Å². The minimum absolute atomic E-state index is 0.0216. The second kappa shape index (κ2) is 11.4. The third kappa shape index (κ3) is 5.62. The highest BCUT2D eigenvalue weighted by atomic mass is 16.6. The van der Waals surface area contributed by atoms with Gasteiger partial charge in [-0.05, 0) is 58.4 Å². The number of alkyl carbamates (subject to hydrolysis) is 1. The van der Waals surface area contributed by atoms with Gasteiger partial charge in [-0.3, -0.25) is 23.5 Å². The number of hydrogen-bond donors (Lipinski definition) is 1. The summed E-state index contributed by atoms with van der Waals surface area (Å²) in [6.45, 7) is 10.6. The third-order valence-corrected chi connectivity index (χ3v) is 7.44. The molecular weight excluding hydrogens is 534 g/mol. The highest BCUT2D eigenvalue weighted by Gasteiger charge is 2.29. The van der Waals surface area contributed by atoms with Gasteiger partial charge in [0.25, 0.3) is 5.56 Å². The van der Waals surface area contributed by atoms with Crippen molar-refractivity contribution < 1.29 is 9.53 Å². The second-order valence-corrected chi connectivity index (χ2v) is 11.7. The molecule has 1 fully saturated rings. The van der Waals surface area contributed by atoms with Crippen LogP contribution in [0.1, 0.15) is 51.8 Å². The van der Waals surface area contributed by atoms with E-state index < -0.39 is 22.9 Å². The largest absolute Gasteiger partial charge is 0.444 e. The first-order chi connectivity index (χ1) is 20.0. The number of nitrogens with zero attached hydrogens (tertiary/aromatic N) is 6. The van der Waals surface area contributed by atoms with E-state index in [2.05, 4.69) is 22.1 Å². The summed E-state index contributed by atoms with van der Waals surface area (Å²) in [5.74, 6) is 6.50. The minimum atomic E-state index is -0.601. The summed E-state index contributed by atoms with van der Waals surface area (Å²) in [6.07, 6.45) is 2.89. The Kier molecular flexibility index (Phi) is 7.82. The third-order valence-electron chi connectivity index (χ3n) is 7.44. The van der Waals surface area contributed by atoms with Gasteiger partial charge in [0.15, 0.2) is 11.2 Å². The summed E-state index contributed by atoms with van der Waals surface area (Å²) < 4.78 is 9.86. The van der Waals surface area contributed by atoms with Crippen LogP contribution >= 0.6 is 0 Å². The summed E-state index contributed by atoms with van der Waals surface area (Å²) in [5.41, 5.74) is 0.729. The molecule has 1 N–H and O–H groups in total. The topological polar surface area (TPSA) is 116 Å². The Hall–Kier alpha value is -4.59. The molecule has 1 unspecified atom stereocenters. The molecule has 0 saturated carbocycles. The molecule has 4 aromatic rings. The molecule has 1 amide bonds. The highest BCUT2D eigenvalue weighted by Crippen LogP contribution is 2.24. The van der Waals surface area contributed by atoms with Crippen molar-refractivity contribution in [3.05, 3.63) is 62.6 Å². The molecule has 1 saturated heterocycles. The van der Waals surface area contributed by atoms with Gasteiger partial charge >= 0.3 is 11.8 Å². The van der Waals surface area contributed by atoms with Crippen LogP contribution in [0.4, 0.5) is 10.7 Å². The maximum Gasteiger partial charge on any atom is 0.407 e. The molecule has 1 atom stereocenters. The Balaban J connectivity index is 1.57. The van der Waals surface area contributed by atoms with Gasteiger partial charge < -0.3 is 15.0 Å². The molecule has 11 heteroatoms. The molecule has 0 spiro atoms. The number of anilines is 1. The van der Waals surface area contributed by atoms with E-state index in [0.717, 1.165) is 29.2 Å². The van der Waals surface area contributed by atoms with Crippen molar-refractivity contribution in [2.45, 2.75) is 72.2 Å². The molecule has 0 aliphatic carbocycles. The summed E-state index contributed by atoms with van der Waals surface area (Å²) in [5, 5.41) is 4.89. The van der Waals surface area contributed by atoms with Gasteiger partial charge in [-0.2, -0.15) is 4.98 Å². The minimum Gasteiger partial charge on any atom is -0.444 e. The van der Waals surface area contributed by atoms with Crippen LogP contribution in [0.25, 0.3) is 21.9 Å². The average Bonchev–Trinajstić information content (AvgIpc) is 3.33. The van der Waals surface area contributed by atoms with Crippen molar-refractivity contribution in [2.75, 3.05) is 18.0 Å². The molecule has 0 bridgehead atoms. The van der Waals surface area contributed by atoms with Crippen LogP contribution in [-0.2, 0) is 24.9 Å². The normalized spacial score (nSPS) is 15.5. The zero-order valence-corrected chi connectivity index (χ0v) is 25.0. The van der Waals surface area contributed by atoms with E-state index in [0.29, 0.717) is 30.2 Å². The van der Waals surface area contributed by atoms with Crippen molar-refractivity contribution in [1.82, 2.24) is 29.0 Å². The van der Waals surface area contributed by atoms with Crippen LogP contribution in [0.3, 0.4) is 0 Å². The van der Waals surface area contributed by atoms with Crippen LogP contribution in [0.2, 0.25) is 0 Å². The summed E-state index contributed by atoms with van der Waals surface area (Å²) in [7, 11) is 1.62. The average molecular weight is 572 g/mol. The van der Waals surface area contributed by atoms with E-state index in [9.17, 15) is 14.4 Å². The predicted molar refractivity (Wildman–Crippen MR) is 163 cm³/mol. The van der Waals surface area contributed by atoms with E-state index in [1.807, 2.05) is 56.9 Å². The van der Waals surface area contributed by atoms with Gasteiger partial charge in [0.2, 0.25) is 5.95 Å². The lowest BCUT2D eigenvalue weighted by Gasteiger charge is -2.34. The number of hydrogen-bond acceptors (Lipinski definition) is 7. The van der Waals surface area contributed by atoms with Crippen molar-refractivity contribution in [2.24, 2.45) is 7.05 Å². The first-order valence-electron chi connectivity index (χ1n) is 14.2. The number of piperidine rings is 1. The predicted octanol–water partition coefficient (Wildman–Crippen LogP) is 3.32. The molecule has 42 heavy (non-hydrogen) atoms. The number of carbonyl (C=O) groups excluding carboxylic acids is 1. The van der Waals surface area contributed by atoms with Gasteiger partial charge in [0.1, 0.15) is 5.60 Å². The number of pyridine rings is 1. The zero-order valence-electron chi connectivity index (χ0n) is 25.0. The standard InChI is InChI=1S/C31H37N7O4/c1-7-8-16-37-25-26(34-28(37)36-15-11-12-21(18-36)33-29(40)42-31(3,4)5)35(6)30(41)38(27(25)39)19-24-23-14-10-9-13-22(23)20(2)17-32-24/h9-10,13-14,17,21H,11-12,15-16,18-19H2,1-6H3,(H,33,40). The molecule has 220 valence electrons. The number of aromatic nitrogens is 5. The van der Waals surface area contributed by atoms with Crippen LogP contribution in [0, 0.1) is 18.8 Å². The molecular formula is C31H37N7O4. The fourth-order valence-electron chi connectivity index (χ4n) is 5.47. The van der Waals surface area contributed by atoms with E-state index in [4.69, 9.17) is 9.72 Å². The fourth-order valence-corrected chi connectivity index (χ4v) is 5.47. The number of nitrogens with one attached hydrogen (secondary N) is 1. The van der Waals surface area contributed by atoms with Crippen molar-refractivity contribution in [3.63, 3.8) is 0 Å². The highest BCUT2D eigenvalue weighted by molar-refractivity contribution is 5.87. The SMILES string of the molecule is CC#CCn1c(N2CCCC(NC(=O)OC(C)(C)C)C2)nc2c1c(=O)n(Cc1ncc(C)c3ccccc13)c(=O)n2C. The Morgan fingerprint density at radius 2 is 1.90 bits per heavy atom. The molecule has 5 rings (SSSR count). The number of amides is 1. The van der Waals surface area contributed by atoms with Gasteiger partial charge in [-0.1, -0.05) is 30.2 Å². The maximum absolute atomic E-state index is 14.1. The first-order valence-corrected chi connectivity index (χ1v) is 14.2. The van der Waals surface area contributed by atoms with E-state index in [1.54, 1.807) is 24.7 Å². The van der Waals surface area contributed by atoms with Gasteiger partial charge in [0, 0.05) is 37.8 Å². The number of imidazole rings is 1. The molecule has 11 nitrogen and oxygen atoms in total. The van der Waals surface area contributed by atoms with Crippen molar-refractivity contribution in [3.8, 4) is 11.8 Å². The van der Waals surface area contributed by atoms with Gasteiger partial charge in [-0.25, -0.2) is 9.59 Å². The maximum atomic E-state index is 14.1. The second-order valence-electron chi connectivity index (χ2n) is 11.7. The molecule has 4 heterocycles. The fraction of sp³-hybridized carbons (Fsp3) is 0.452. The van der Waals surface area contributed by atoms with E-state index in [1.165, 1.54) is 9.13 Å². The zero-order chi connectivity index (χ0) is 30.2. The van der Waals surface area contributed by atoms with Gasteiger partial charge in [-0.15, -0.1) is 5.92 Å². The van der Waals surface area contributed by atoms with E-state index in [-0.39, 0.29) is 24.8 Å². The lowest BCUT2D eigenvalue weighted by atomic mass is 10.1. The quantitative estimate of drug-likeness (QED) is 0.366. The molecule has 1 aromatic carbocycles. The monoisotopic (exact) mass is 571 g/mol. The number of rotatable bonds is 5. The number of carbonyl (C=O) groups is 1. The summed E-state index contributed by atoms with van der Waals surface area (Å²) in [4.78, 5) is 51.5. The summed E-state index contributed by atoms with van der Waals surface area (Å²) >= 11 is 0. The number of fused-ring (bicyclic) bond motifs is 2.